The van der Waals surface area contributed by atoms with Gasteiger partial charge in [0.15, 0.2) is 5.58 Å². The van der Waals surface area contributed by atoms with Crippen molar-refractivity contribution in [3.05, 3.63) is 23.3 Å². The third-order valence-corrected chi connectivity index (χ3v) is 2.49. The second-order valence-electron chi connectivity index (χ2n) is 3.25. The summed E-state index contributed by atoms with van der Waals surface area (Å²) in [6.45, 7) is 4.19. The van der Waals surface area contributed by atoms with Crippen LogP contribution in [-0.4, -0.2) is 10.1 Å². The number of hydrogen-bond acceptors (Lipinski definition) is 3. The van der Waals surface area contributed by atoms with E-state index in [1.165, 1.54) is 11.1 Å². The Labute approximate surface area is 82.4 Å². The summed E-state index contributed by atoms with van der Waals surface area (Å²) in [6, 6.07) is 3.89. The first-order valence-electron chi connectivity index (χ1n) is 4.86. The van der Waals surface area contributed by atoms with Crippen LogP contribution in [-0.2, 0) is 12.8 Å². The van der Waals surface area contributed by atoms with Gasteiger partial charge in [0.05, 0.1) is 0 Å². The Morgan fingerprint density at radius 3 is 2.71 bits per heavy atom. The van der Waals surface area contributed by atoms with E-state index in [9.17, 15) is 0 Å². The number of aromatic nitrogens is 1. The first-order valence-corrected chi connectivity index (χ1v) is 4.86. The van der Waals surface area contributed by atoms with Crippen LogP contribution in [0.15, 0.2) is 16.5 Å². The van der Waals surface area contributed by atoms with Crippen LogP contribution >= 0.6 is 0 Å². The van der Waals surface area contributed by atoms with Gasteiger partial charge in [-0.2, -0.15) is 4.98 Å². The zero-order valence-corrected chi connectivity index (χ0v) is 8.37. The van der Waals surface area contributed by atoms with Gasteiger partial charge in [0.2, 0.25) is 0 Å². The molecule has 0 aliphatic carbocycles. The number of fused-ring (bicyclic) bond motifs is 1. The molecule has 0 atom stereocenters. The molecule has 0 bridgehead atoms. The topological polar surface area (TPSA) is 46.3 Å². The number of aromatic hydroxyl groups is 1. The van der Waals surface area contributed by atoms with Gasteiger partial charge >= 0.3 is 6.08 Å². The average molecular weight is 191 g/mol. The third-order valence-electron chi connectivity index (χ3n) is 2.49. The molecule has 0 aliphatic heterocycles. The lowest BCUT2D eigenvalue weighted by Gasteiger charge is -2.04. The van der Waals surface area contributed by atoms with E-state index in [1.807, 2.05) is 12.1 Å². The molecular formula is C11H13NO2. The SMILES string of the molecule is CCc1ccc2oc(O)nc2c1CC. The highest BCUT2D eigenvalue weighted by Gasteiger charge is 2.10. The van der Waals surface area contributed by atoms with Gasteiger partial charge < -0.3 is 9.52 Å². The number of hydrogen-bond donors (Lipinski definition) is 1. The Morgan fingerprint density at radius 2 is 2.07 bits per heavy atom. The van der Waals surface area contributed by atoms with Crippen molar-refractivity contribution >= 4 is 11.1 Å². The van der Waals surface area contributed by atoms with E-state index >= 15 is 0 Å². The van der Waals surface area contributed by atoms with Crippen LogP contribution in [0.1, 0.15) is 25.0 Å². The quantitative estimate of drug-likeness (QED) is 0.793. The van der Waals surface area contributed by atoms with E-state index in [0.29, 0.717) is 5.58 Å². The summed E-state index contributed by atoms with van der Waals surface area (Å²) in [4.78, 5) is 3.98. The summed E-state index contributed by atoms with van der Waals surface area (Å²) < 4.78 is 5.05. The van der Waals surface area contributed by atoms with Gasteiger partial charge in [0.25, 0.3) is 0 Å². The van der Waals surface area contributed by atoms with E-state index in [2.05, 4.69) is 18.8 Å². The minimum Gasteiger partial charge on any atom is -0.466 e. The first kappa shape index (κ1) is 9.06. The second-order valence-corrected chi connectivity index (χ2v) is 3.25. The van der Waals surface area contributed by atoms with Crippen molar-refractivity contribution in [2.45, 2.75) is 26.7 Å². The van der Waals surface area contributed by atoms with Crippen LogP contribution in [0.2, 0.25) is 0 Å². The maximum atomic E-state index is 9.16. The molecule has 0 aliphatic rings. The van der Waals surface area contributed by atoms with Crippen molar-refractivity contribution in [3.8, 4) is 6.08 Å². The van der Waals surface area contributed by atoms with E-state index in [-0.39, 0.29) is 6.08 Å². The van der Waals surface area contributed by atoms with Crippen molar-refractivity contribution < 1.29 is 9.52 Å². The van der Waals surface area contributed by atoms with Gasteiger partial charge in [0.1, 0.15) is 5.52 Å². The molecular weight excluding hydrogens is 178 g/mol. The number of nitrogens with zero attached hydrogens (tertiary/aromatic N) is 1. The molecule has 3 nitrogen and oxygen atoms in total. The van der Waals surface area contributed by atoms with Gasteiger partial charge in [-0.1, -0.05) is 19.9 Å². The minimum atomic E-state index is -0.247. The maximum Gasteiger partial charge on any atom is 0.392 e. The molecule has 1 aromatic heterocycles. The van der Waals surface area contributed by atoms with Gasteiger partial charge in [0, 0.05) is 0 Å². The normalized spacial score (nSPS) is 11.0. The van der Waals surface area contributed by atoms with Crippen molar-refractivity contribution in [2.24, 2.45) is 0 Å². The van der Waals surface area contributed by atoms with Crippen LogP contribution in [0.5, 0.6) is 6.08 Å². The summed E-state index contributed by atoms with van der Waals surface area (Å²) in [5.74, 6) is 0. The van der Waals surface area contributed by atoms with E-state index in [0.717, 1.165) is 18.4 Å². The largest absolute Gasteiger partial charge is 0.466 e. The zero-order valence-electron chi connectivity index (χ0n) is 8.37. The average Bonchev–Trinajstić information content (AvgIpc) is 2.56. The lowest BCUT2D eigenvalue weighted by atomic mass is 10.0. The zero-order chi connectivity index (χ0) is 10.1. The number of aryl methyl sites for hydroxylation is 2. The fourth-order valence-corrected chi connectivity index (χ4v) is 1.80. The predicted octanol–water partition coefficient (Wildman–Crippen LogP) is 2.66. The smallest absolute Gasteiger partial charge is 0.392 e. The molecule has 2 rings (SSSR count). The van der Waals surface area contributed by atoms with E-state index < -0.39 is 0 Å². The molecule has 0 unspecified atom stereocenters. The second kappa shape index (κ2) is 3.33. The van der Waals surface area contributed by atoms with E-state index in [4.69, 9.17) is 9.52 Å². The third kappa shape index (κ3) is 1.25. The molecule has 0 radical (unpaired) electrons. The molecule has 0 saturated heterocycles. The first-order chi connectivity index (χ1) is 6.76. The maximum absolute atomic E-state index is 9.16. The highest BCUT2D eigenvalue weighted by molar-refractivity contribution is 5.78. The number of oxazole rings is 1. The highest BCUT2D eigenvalue weighted by Crippen LogP contribution is 2.26. The molecule has 2 aromatic rings. The monoisotopic (exact) mass is 191 g/mol. The van der Waals surface area contributed by atoms with Gasteiger partial charge in [-0.05, 0) is 30.0 Å². The van der Waals surface area contributed by atoms with Crippen LogP contribution in [0, 0.1) is 0 Å². The fraction of sp³-hybridized carbons (Fsp3) is 0.364. The lowest BCUT2D eigenvalue weighted by Crippen LogP contribution is -1.91. The summed E-state index contributed by atoms with van der Waals surface area (Å²) in [6.07, 6.45) is 1.64. The van der Waals surface area contributed by atoms with Gasteiger partial charge in [-0.3, -0.25) is 0 Å². The molecule has 1 heterocycles. The van der Waals surface area contributed by atoms with Crippen LogP contribution in [0.3, 0.4) is 0 Å². The predicted molar refractivity (Wildman–Crippen MR) is 54.4 cm³/mol. The fourth-order valence-electron chi connectivity index (χ4n) is 1.80. The van der Waals surface area contributed by atoms with Gasteiger partial charge in [-0.25, -0.2) is 0 Å². The molecule has 0 spiro atoms. The molecule has 3 heteroatoms. The highest BCUT2D eigenvalue weighted by atomic mass is 16.5. The van der Waals surface area contributed by atoms with Crippen LogP contribution < -0.4 is 0 Å². The van der Waals surface area contributed by atoms with E-state index in [1.54, 1.807) is 0 Å². The molecule has 0 saturated carbocycles. The summed E-state index contributed by atoms with van der Waals surface area (Å²) in [7, 11) is 0. The standard InChI is InChI=1S/C11H13NO2/c1-3-7-5-6-9-10(8(7)4-2)12-11(13)14-9/h5-6H,3-4H2,1-2H3,(H,12,13). The molecule has 14 heavy (non-hydrogen) atoms. The molecule has 0 amide bonds. The summed E-state index contributed by atoms with van der Waals surface area (Å²) in [5.41, 5.74) is 3.91. The molecule has 74 valence electrons. The Bertz CT molecular complexity index is 460. The van der Waals surface area contributed by atoms with Crippen molar-refractivity contribution in [3.63, 3.8) is 0 Å². The Hall–Kier alpha value is -1.51. The molecule has 1 aromatic carbocycles. The Kier molecular flexibility index (Phi) is 2.15. The Balaban J connectivity index is 2.75. The van der Waals surface area contributed by atoms with Crippen LogP contribution in [0.25, 0.3) is 11.1 Å². The van der Waals surface area contributed by atoms with Crippen molar-refractivity contribution in [1.29, 1.82) is 0 Å². The molecule has 0 fully saturated rings. The minimum absolute atomic E-state index is 0.247. The summed E-state index contributed by atoms with van der Waals surface area (Å²) in [5, 5.41) is 9.16. The van der Waals surface area contributed by atoms with Gasteiger partial charge in [-0.15, -0.1) is 0 Å². The van der Waals surface area contributed by atoms with Crippen molar-refractivity contribution in [2.75, 3.05) is 0 Å². The lowest BCUT2D eigenvalue weighted by molar-refractivity contribution is 0.328. The summed E-state index contributed by atoms with van der Waals surface area (Å²) >= 11 is 0. The molecule has 1 N–H and O–H groups in total. The number of rotatable bonds is 2. The number of benzene rings is 1. The Morgan fingerprint density at radius 1 is 1.29 bits per heavy atom. The van der Waals surface area contributed by atoms with Crippen molar-refractivity contribution in [1.82, 2.24) is 4.98 Å². The van der Waals surface area contributed by atoms with Crippen LogP contribution in [0.4, 0.5) is 0 Å².